The monoisotopic (exact) mass is 311 g/mol. The number of benzene rings is 1. The van der Waals surface area contributed by atoms with Crippen molar-refractivity contribution in [3.05, 3.63) is 35.4 Å². The summed E-state index contributed by atoms with van der Waals surface area (Å²) in [6, 6.07) is 8.63. The first-order chi connectivity index (χ1) is 7.40. The molecule has 2 rings (SSSR count). The summed E-state index contributed by atoms with van der Waals surface area (Å²) in [5, 5.41) is 6.42. The molecule has 3 nitrogen and oxygen atoms in total. The summed E-state index contributed by atoms with van der Waals surface area (Å²) in [5.41, 5.74) is 2.56. The zero-order valence-corrected chi connectivity index (χ0v) is 12.8. The number of rotatable bonds is 4. The van der Waals surface area contributed by atoms with Crippen LogP contribution in [0.15, 0.2) is 29.3 Å². The highest BCUT2D eigenvalue weighted by Crippen LogP contribution is 2.07. The molecule has 2 N–H and O–H groups in total. The summed E-state index contributed by atoms with van der Waals surface area (Å²) in [5.74, 6) is 1.04. The van der Waals surface area contributed by atoms with Crippen LogP contribution in [-0.4, -0.2) is 32.5 Å². The standard InChI is InChI=1S/C12H17N3.3ClH/c1-13-7-6-10-2-4-11(5-3-10)12-14-8-9-15-12;;;/h2-5,13H,6-9H2,1H3,(H,14,15);3*1H. The van der Waals surface area contributed by atoms with Crippen LogP contribution in [0.2, 0.25) is 0 Å². The van der Waals surface area contributed by atoms with Crippen LogP contribution in [0.1, 0.15) is 11.1 Å². The van der Waals surface area contributed by atoms with Crippen molar-refractivity contribution in [3.63, 3.8) is 0 Å². The summed E-state index contributed by atoms with van der Waals surface area (Å²) in [4.78, 5) is 4.39. The average molecular weight is 313 g/mol. The molecular weight excluding hydrogens is 293 g/mol. The van der Waals surface area contributed by atoms with E-state index in [0.717, 1.165) is 31.9 Å². The third kappa shape index (κ3) is 5.44. The van der Waals surface area contributed by atoms with Crippen molar-refractivity contribution in [2.75, 3.05) is 26.7 Å². The van der Waals surface area contributed by atoms with E-state index in [1.807, 2.05) is 7.05 Å². The third-order valence-electron chi connectivity index (χ3n) is 2.57. The number of nitrogens with one attached hydrogen (secondary N) is 2. The molecule has 6 heteroatoms. The van der Waals surface area contributed by atoms with Gasteiger partial charge in [-0.05, 0) is 25.6 Å². The van der Waals surface area contributed by atoms with E-state index in [2.05, 4.69) is 39.9 Å². The maximum absolute atomic E-state index is 4.39. The Bertz CT molecular complexity index is 352. The molecule has 0 saturated heterocycles. The number of nitrogens with zero attached hydrogens (tertiary/aromatic N) is 1. The lowest BCUT2D eigenvalue weighted by Crippen LogP contribution is -2.19. The minimum Gasteiger partial charge on any atom is -0.368 e. The Labute approximate surface area is 127 Å². The third-order valence-corrected chi connectivity index (χ3v) is 2.57. The first-order valence-corrected chi connectivity index (χ1v) is 5.42. The van der Waals surface area contributed by atoms with Gasteiger partial charge in [-0.1, -0.05) is 24.3 Å². The van der Waals surface area contributed by atoms with Crippen molar-refractivity contribution in [2.45, 2.75) is 6.42 Å². The normalized spacial score (nSPS) is 12.4. The molecule has 0 unspecified atom stereocenters. The molecule has 0 aromatic heterocycles. The van der Waals surface area contributed by atoms with Gasteiger partial charge in [0.2, 0.25) is 0 Å². The van der Waals surface area contributed by atoms with Crippen molar-refractivity contribution in [2.24, 2.45) is 4.99 Å². The maximum Gasteiger partial charge on any atom is 0.128 e. The van der Waals surface area contributed by atoms with Gasteiger partial charge in [0.05, 0.1) is 6.54 Å². The molecule has 18 heavy (non-hydrogen) atoms. The number of hydrogen-bond acceptors (Lipinski definition) is 3. The lowest BCUT2D eigenvalue weighted by molar-refractivity contribution is 0.792. The van der Waals surface area contributed by atoms with Gasteiger partial charge in [0, 0.05) is 12.1 Å². The van der Waals surface area contributed by atoms with Gasteiger partial charge in [-0.2, -0.15) is 0 Å². The molecule has 104 valence electrons. The van der Waals surface area contributed by atoms with Crippen LogP contribution in [0.25, 0.3) is 0 Å². The van der Waals surface area contributed by atoms with Gasteiger partial charge in [-0.15, -0.1) is 37.2 Å². The molecule has 0 saturated carbocycles. The van der Waals surface area contributed by atoms with E-state index in [1.165, 1.54) is 11.1 Å². The Morgan fingerprint density at radius 1 is 1.17 bits per heavy atom. The summed E-state index contributed by atoms with van der Waals surface area (Å²) in [7, 11) is 1.98. The van der Waals surface area contributed by atoms with Crippen LogP contribution in [0, 0.1) is 0 Å². The van der Waals surface area contributed by atoms with E-state index in [4.69, 9.17) is 0 Å². The molecule has 1 heterocycles. The summed E-state index contributed by atoms with van der Waals surface area (Å²) in [6.07, 6.45) is 1.08. The second kappa shape index (κ2) is 10.4. The van der Waals surface area contributed by atoms with Gasteiger partial charge in [-0.25, -0.2) is 0 Å². The molecule has 0 radical (unpaired) electrons. The Morgan fingerprint density at radius 2 is 1.83 bits per heavy atom. The zero-order chi connectivity index (χ0) is 10.5. The van der Waals surface area contributed by atoms with Gasteiger partial charge >= 0.3 is 0 Å². The van der Waals surface area contributed by atoms with E-state index < -0.39 is 0 Å². The molecule has 1 aliphatic heterocycles. The highest BCUT2D eigenvalue weighted by molar-refractivity contribution is 5.99. The quantitative estimate of drug-likeness (QED) is 0.893. The Hall–Kier alpha value is -0.480. The van der Waals surface area contributed by atoms with Gasteiger partial charge in [0.1, 0.15) is 5.84 Å². The van der Waals surface area contributed by atoms with Crippen LogP contribution >= 0.6 is 37.2 Å². The predicted molar refractivity (Wildman–Crippen MR) is 85.2 cm³/mol. The summed E-state index contributed by atoms with van der Waals surface area (Å²) < 4.78 is 0. The number of aliphatic imine (C=N–C) groups is 1. The number of hydrogen-bond donors (Lipinski definition) is 2. The Balaban J connectivity index is 0. The van der Waals surface area contributed by atoms with Crippen LogP contribution in [0.3, 0.4) is 0 Å². The van der Waals surface area contributed by atoms with E-state index in [-0.39, 0.29) is 37.2 Å². The van der Waals surface area contributed by atoms with Gasteiger partial charge in [-0.3, -0.25) is 4.99 Å². The van der Waals surface area contributed by atoms with Crippen LogP contribution in [0.5, 0.6) is 0 Å². The zero-order valence-electron chi connectivity index (χ0n) is 10.3. The average Bonchev–Trinajstić information content (AvgIpc) is 2.80. The highest BCUT2D eigenvalue weighted by Gasteiger charge is 2.06. The molecule has 1 aromatic rings. The molecule has 0 atom stereocenters. The van der Waals surface area contributed by atoms with Gasteiger partial charge < -0.3 is 10.6 Å². The van der Waals surface area contributed by atoms with Crippen molar-refractivity contribution in [1.82, 2.24) is 10.6 Å². The largest absolute Gasteiger partial charge is 0.368 e. The number of halogens is 3. The smallest absolute Gasteiger partial charge is 0.128 e. The maximum atomic E-state index is 4.39. The fraction of sp³-hybridized carbons (Fsp3) is 0.417. The van der Waals surface area contributed by atoms with Crippen molar-refractivity contribution >= 4 is 43.1 Å². The second-order valence-corrected chi connectivity index (χ2v) is 3.71. The van der Waals surface area contributed by atoms with Crippen LogP contribution in [-0.2, 0) is 6.42 Å². The van der Waals surface area contributed by atoms with E-state index in [9.17, 15) is 0 Å². The number of likely N-dealkylation sites (N-methyl/N-ethyl adjacent to an activating group) is 1. The number of amidine groups is 1. The first kappa shape index (κ1) is 19.9. The van der Waals surface area contributed by atoms with Gasteiger partial charge in [0.25, 0.3) is 0 Å². The lowest BCUT2D eigenvalue weighted by atomic mass is 10.1. The molecule has 0 amide bonds. The predicted octanol–water partition coefficient (Wildman–Crippen LogP) is 2.06. The molecule has 0 aliphatic carbocycles. The van der Waals surface area contributed by atoms with Crippen LogP contribution < -0.4 is 10.6 Å². The molecule has 1 aromatic carbocycles. The SMILES string of the molecule is CNCCc1ccc(C2=NCCN2)cc1.Cl.Cl.Cl. The second-order valence-electron chi connectivity index (χ2n) is 3.71. The summed E-state index contributed by atoms with van der Waals surface area (Å²) in [6.45, 7) is 2.90. The van der Waals surface area contributed by atoms with Crippen molar-refractivity contribution < 1.29 is 0 Å². The van der Waals surface area contributed by atoms with E-state index in [1.54, 1.807) is 0 Å². The Morgan fingerprint density at radius 3 is 2.33 bits per heavy atom. The minimum atomic E-state index is 0. The van der Waals surface area contributed by atoms with E-state index >= 15 is 0 Å². The Kier molecular flexibility index (Phi) is 11.5. The van der Waals surface area contributed by atoms with Crippen molar-refractivity contribution in [1.29, 1.82) is 0 Å². The first-order valence-electron chi connectivity index (χ1n) is 5.42. The summed E-state index contributed by atoms with van der Waals surface area (Å²) >= 11 is 0. The highest BCUT2D eigenvalue weighted by atomic mass is 35.5. The fourth-order valence-corrected chi connectivity index (χ4v) is 1.69. The fourth-order valence-electron chi connectivity index (χ4n) is 1.69. The molecule has 0 fully saturated rings. The molecule has 0 spiro atoms. The van der Waals surface area contributed by atoms with Crippen molar-refractivity contribution in [3.8, 4) is 0 Å². The van der Waals surface area contributed by atoms with Gasteiger partial charge in [0.15, 0.2) is 0 Å². The van der Waals surface area contributed by atoms with E-state index in [0.29, 0.717) is 0 Å². The minimum absolute atomic E-state index is 0. The molecule has 1 aliphatic rings. The molecular formula is C12H20Cl3N3. The molecule has 0 bridgehead atoms. The topological polar surface area (TPSA) is 36.4 Å². The van der Waals surface area contributed by atoms with Crippen LogP contribution in [0.4, 0.5) is 0 Å². The lowest BCUT2D eigenvalue weighted by Gasteiger charge is -2.04.